The number of fused-ring (bicyclic) bond motifs is 3. The van der Waals surface area contributed by atoms with Crippen LogP contribution in [0.1, 0.15) is 38.8 Å². The molecule has 1 amide bonds. The molecule has 2 atom stereocenters. The summed E-state index contributed by atoms with van der Waals surface area (Å²) < 4.78 is 0. The molecule has 0 saturated heterocycles. The number of quaternary nitrogens is 1. The van der Waals surface area contributed by atoms with Crippen molar-refractivity contribution in [3.8, 4) is 0 Å². The first-order valence-corrected chi connectivity index (χ1v) is 9.04. The van der Waals surface area contributed by atoms with Gasteiger partial charge in [0.1, 0.15) is 17.7 Å². The second kappa shape index (κ2) is 5.12. The second-order valence-electron chi connectivity index (χ2n) is 5.55. The molecule has 0 bridgehead atoms. The Morgan fingerprint density at radius 1 is 1.43 bits per heavy atom. The first-order valence-electron chi connectivity index (χ1n) is 7.35. The molecule has 0 fully saturated rings. The second-order valence-corrected chi connectivity index (χ2v) is 7.64. The summed E-state index contributed by atoms with van der Waals surface area (Å²) in [5.41, 5.74) is 2.18. The van der Waals surface area contributed by atoms with Gasteiger partial charge in [-0.3, -0.25) is 4.79 Å². The first-order chi connectivity index (χ1) is 10.3. The molecule has 2 aliphatic rings. The molecule has 4 heterocycles. The molecule has 6 heteroatoms. The van der Waals surface area contributed by atoms with E-state index in [0.717, 1.165) is 41.5 Å². The quantitative estimate of drug-likeness (QED) is 0.787. The SMILES string of the molecule is CC[NH+]1CCc2c(sc3c2C(=O)N[C@@H](c2cccs2)N3)C1. The van der Waals surface area contributed by atoms with Crippen molar-refractivity contribution in [2.75, 3.05) is 18.4 Å². The Hall–Kier alpha value is -1.37. The summed E-state index contributed by atoms with van der Waals surface area (Å²) in [6.45, 7) is 5.57. The van der Waals surface area contributed by atoms with Crippen LogP contribution >= 0.6 is 22.7 Å². The fourth-order valence-corrected chi connectivity index (χ4v) is 5.22. The van der Waals surface area contributed by atoms with Crippen molar-refractivity contribution < 1.29 is 9.69 Å². The molecule has 3 N–H and O–H groups in total. The molecule has 0 aromatic carbocycles. The summed E-state index contributed by atoms with van der Waals surface area (Å²) in [4.78, 5) is 16.7. The van der Waals surface area contributed by atoms with Crippen LogP contribution in [0.25, 0.3) is 0 Å². The maximum atomic E-state index is 12.5. The number of hydrogen-bond acceptors (Lipinski definition) is 4. The lowest BCUT2D eigenvalue weighted by Crippen LogP contribution is -3.11. The Kier molecular flexibility index (Phi) is 3.24. The van der Waals surface area contributed by atoms with Crippen molar-refractivity contribution in [1.82, 2.24) is 5.32 Å². The molecule has 1 unspecified atom stereocenters. The Morgan fingerprint density at radius 2 is 2.33 bits per heavy atom. The molecule has 4 nitrogen and oxygen atoms in total. The van der Waals surface area contributed by atoms with E-state index in [2.05, 4.69) is 23.6 Å². The summed E-state index contributed by atoms with van der Waals surface area (Å²) in [5.74, 6) is 0.0830. The van der Waals surface area contributed by atoms with Crippen molar-refractivity contribution in [1.29, 1.82) is 0 Å². The minimum absolute atomic E-state index is 0.0830. The standard InChI is InChI=1S/C15H17N3OS2/c1-2-18-6-5-9-11(8-18)21-15-12(9)14(19)16-13(17-15)10-4-3-7-20-10/h3-4,7,13,17H,2,5-6,8H2,1H3,(H,16,19)/p+1/t13-/m1/s1. The van der Waals surface area contributed by atoms with E-state index in [1.54, 1.807) is 27.6 Å². The van der Waals surface area contributed by atoms with Crippen LogP contribution in [0.15, 0.2) is 17.5 Å². The van der Waals surface area contributed by atoms with Crippen LogP contribution in [-0.4, -0.2) is 19.0 Å². The van der Waals surface area contributed by atoms with E-state index in [-0.39, 0.29) is 12.1 Å². The highest BCUT2D eigenvalue weighted by atomic mass is 32.1. The number of likely N-dealkylation sites (N-methyl/N-ethyl adjacent to an activating group) is 1. The predicted octanol–water partition coefficient (Wildman–Crippen LogP) is 1.62. The Balaban J connectivity index is 1.69. The zero-order valence-electron chi connectivity index (χ0n) is 11.9. The molecular formula is C15H18N3OS2+. The van der Waals surface area contributed by atoms with Gasteiger partial charge in [0.2, 0.25) is 0 Å². The number of thiophene rings is 2. The smallest absolute Gasteiger partial charge is 0.256 e. The minimum atomic E-state index is -0.0836. The summed E-state index contributed by atoms with van der Waals surface area (Å²) in [5, 5.41) is 9.70. The topological polar surface area (TPSA) is 45.6 Å². The van der Waals surface area contributed by atoms with Gasteiger partial charge in [-0.05, 0) is 23.9 Å². The lowest BCUT2D eigenvalue weighted by atomic mass is 10.0. The predicted molar refractivity (Wildman–Crippen MR) is 86.2 cm³/mol. The third kappa shape index (κ3) is 2.18. The highest BCUT2D eigenvalue weighted by Gasteiger charge is 2.34. The normalized spacial score (nSPS) is 24.0. The summed E-state index contributed by atoms with van der Waals surface area (Å²) in [6, 6.07) is 4.08. The van der Waals surface area contributed by atoms with Gasteiger partial charge < -0.3 is 15.5 Å². The molecule has 110 valence electrons. The van der Waals surface area contributed by atoms with Gasteiger partial charge >= 0.3 is 0 Å². The fraction of sp³-hybridized carbons (Fsp3) is 0.400. The first kappa shape index (κ1) is 13.3. The lowest BCUT2D eigenvalue weighted by Gasteiger charge is -2.26. The molecule has 0 spiro atoms. The van der Waals surface area contributed by atoms with Gasteiger partial charge in [0, 0.05) is 11.3 Å². The molecule has 0 radical (unpaired) electrons. The number of hydrogen-bond donors (Lipinski definition) is 3. The van der Waals surface area contributed by atoms with Crippen LogP contribution in [0, 0.1) is 0 Å². The van der Waals surface area contributed by atoms with E-state index in [0.29, 0.717) is 0 Å². The van der Waals surface area contributed by atoms with Crippen molar-refractivity contribution in [3.05, 3.63) is 38.4 Å². The third-order valence-electron chi connectivity index (χ3n) is 4.34. The zero-order valence-corrected chi connectivity index (χ0v) is 13.5. The maximum Gasteiger partial charge on any atom is 0.256 e. The molecule has 2 aromatic rings. The van der Waals surface area contributed by atoms with Crippen molar-refractivity contribution >= 4 is 33.6 Å². The van der Waals surface area contributed by atoms with Crippen LogP contribution in [0.4, 0.5) is 5.00 Å². The van der Waals surface area contributed by atoms with Crippen LogP contribution in [0.3, 0.4) is 0 Å². The lowest BCUT2D eigenvalue weighted by molar-refractivity contribution is -0.913. The van der Waals surface area contributed by atoms with E-state index < -0.39 is 0 Å². The monoisotopic (exact) mass is 320 g/mol. The number of amides is 1. The highest BCUT2D eigenvalue weighted by Crippen LogP contribution is 2.39. The minimum Gasteiger partial charge on any atom is -0.352 e. The Bertz CT molecular complexity index is 677. The van der Waals surface area contributed by atoms with Gasteiger partial charge in [0.05, 0.1) is 23.5 Å². The summed E-state index contributed by atoms with van der Waals surface area (Å²) in [6.07, 6.45) is 0.933. The number of anilines is 1. The highest BCUT2D eigenvalue weighted by molar-refractivity contribution is 7.16. The van der Waals surface area contributed by atoms with Crippen LogP contribution in [0.5, 0.6) is 0 Å². The number of carbonyl (C=O) groups excluding carboxylic acids is 1. The molecule has 4 rings (SSSR count). The average Bonchev–Trinajstić information content (AvgIpc) is 3.13. The largest absolute Gasteiger partial charge is 0.352 e. The van der Waals surface area contributed by atoms with Crippen LogP contribution in [0.2, 0.25) is 0 Å². The van der Waals surface area contributed by atoms with Gasteiger partial charge in [0.25, 0.3) is 5.91 Å². The van der Waals surface area contributed by atoms with Gasteiger partial charge in [-0.25, -0.2) is 0 Å². The molecular weight excluding hydrogens is 302 g/mol. The van der Waals surface area contributed by atoms with E-state index in [9.17, 15) is 4.79 Å². The average molecular weight is 320 g/mol. The number of carbonyl (C=O) groups is 1. The van der Waals surface area contributed by atoms with E-state index in [1.165, 1.54) is 10.4 Å². The Labute approximate surface area is 131 Å². The third-order valence-corrected chi connectivity index (χ3v) is 6.44. The van der Waals surface area contributed by atoms with E-state index in [4.69, 9.17) is 0 Å². The molecule has 0 saturated carbocycles. The van der Waals surface area contributed by atoms with E-state index >= 15 is 0 Å². The summed E-state index contributed by atoms with van der Waals surface area (Å²) in [7, 11) is 0. The van der Waals surface area contributed by atoms with Crippen molar-refractivity contribution in [2.24, 2.45) is 0 Å². The van der Waals surface area contributed by atoms with Crippen molar-refractivity contribution in [2.45, 2.75) is 26.1 Å². The van der Waals surface area contributed by atoms with Crippen LogP contribution < -0.4 is 15.5 Å². The van der Waals surface area contributed by atoms with E-state index in [1.807, 2.05) is 11.4 Å². The summed E-state index contributed by atoms with van der Waals surface area (Å²) >= 11 is 3.44. The fourth-order valence-electron chi connectivity index (χ4n) is 3.15. The van der Waals surface area contributed by atoms with Crippen molar-refractivity contribution in [3.63, 3.8) is 0 Å². The Morgan fingerprint density at radius 3 is 3.10 bits per heavy atom. The van der Waals surface area contributed by atoms with Gasteiger partial charge in [-0.1, -0.05) is 6.07 Å². The molecule has 2 aliphatic heterocycles. The van der Waals surface area contributed by atoms with Gasteiger partial charge in [-0.2, -0.15) is 0 Å². The molecule has 0 aliphatic carbocycles. The molecule has 21 heavy (non-hydrogen) atoms. The number of nitrogens with one attached hydrogen (secondary N) is 3. The van der Waals surface area contributed by atoms with Gasteiger partial charge in [-0.15, -0.1) is 22.7 Å². The van der Waals surface area contributed by atoms with Crippen LogP contribution in [-0.2, 0) is 13.0 Å². The zero-order chi connectivity index (χ0) is 14.4. The maximum absolute atomic E-state index is 12.5. The number of rotatable bonds is 2. The molecule has 2 aromatic heterocycles. The van der Waals surface area contributed by atoms with Gasteiger partial charge in [0.15, 0.2) is 0 Å².